The Morgan fingerprint density at radius 3 is 2.58 bits per heavy atom. The van der Waals surface area contributed by atoms with Crippen molar-refractivity contribution in [3.05, 3.63) is 51.2 Å². The fraction of sp³-hybridized carbons (Fsp3) is 0.350. The van der Waals surface area contributed by atoms with E-state index < -0.39 is 5.97 Å². The Morgan fingerprint density at radius 2 is 1.85 bits per heavy atom. The molecule has 2 aromatic rings. The van der Waals surface area contributed by atoms with Crippen LogP contribution >= 0.6 is 11.3 Å². The predicted molar refractivity (Wildman–Crippen MR) is 101 cm³/mol. The van der Waals surface area contributed by atoms with E-state index in [-0.39, 0.29) is 18.3 Å². The van der Waals surface area contributed by atoms with Gasteiger partial charge in [-0.25, -0.2) is 4.79 Å². The Bertz CT molecular complexity index is 823. The summed E-state index contributed by atoms with van der Waals surface area (Å²) in [5, 5.41) is 4.56. The van der Waals surface area contributed by atoms with E-state index >= 15 is 0 Å². The normalized spacial score (nSPS) is 13.0. The van der Waals surface area contributed by atoms with Crippen LogP contribution < -0.4 is 5.32 Å². The highest BCUT2D eigenvalue weighted by atomic mass is 32.1. The number of rotatable bonds is 6. The second-order valence-electron chi connectivity index (χ2n) is 6.24. The molecular weight excluding hydrogens is 350 g/mol. The number of Topliss-reactive ketones (excluding diaryl/α,β-unsaturated/α-hetero) is 1. The van der Waals surface area contributed by atoms with Gasteiger partial charge in [0.1, 0.15) is 0 Å². The van der Waals surface area contributed by atoms with Gasteiger partial charge in [0.25, 0.3) is 0 Å². The predicted octanol–water partition coefficient (Wildman–Crippen LogP) is 4.02. The number of hydrogen-bond donors (Lipinski definition) is 1. The Morgan fingerprint density at radius 1 is 1.12 bits per heavy atom. The molecule has 0 bridgehead atoms. The Balaban J connectivity index is 1.57. The van der Waals surface area contributed by atoms with E-state index in [0.29, 0.717) is 23.2 Å². The molecule has 1 aliphatic carbocycles. The number of anilines is 1. The van der Waals surface area contributed by atoms with E-state index in [4.69, 9.17) is 4.74 Å². The number of ketones is 1. The topological polar surface area (TPSA) is 72.5 Å². The SMILES string of the molecule is CCC(=O)Nc1ccc(C(=O)COC(=O)c2csc3c2CCCC3)cc1. The molecule has 3 rings (SSSR count). The summed E-state index contributed by atoms with van der Waals surface area (Å²) in [5.41, 5.74) is 2.78. The number of carbonyl (C=O) groups is 3. The quantitative estimate of drug-likeness (QED) is 0.615. The lowest BCUT2D eigenvalue weighted by molar-refractivity contribution is -0.115. The second kappa shape index (κ2) is 8.27. The second-order valence-corrected chi connectivity index (χ2v) is 7.20. The number of esters is 1. The number of carbonyl (C=O) groups excluding carboxylic acids is 3. The van der Waals surface area contributed by atoms with Crippen molar-refractivity contribution < 1.29 is 19.1 Å². The molecular formula is C20H21NO4S. The first-order valence-corrected chi connectivity index (χ1v) is 9.66. The van der Waals surface area contributed by atoms with E-state index in [1.165, 1.54) is 4.88 Å². The van der Waals surface area contributed by atoms with Gasteiger partial charge in [-0.2, -0.15) is 0 Å². The molecule has 0 aliphatic heterocycles. The Hall–Kier alpha value is -2.47. The van der Waals surface area contributed by atoms with E-state index in [0.717, 1.165) is 31.2 Å². The molecule has 1 amide bonds. The van der Waals surface area contributed by atoms with Crippen LogP contribution in [0.4, 0.5) is 5.69 Å². The molecule has 0 unspecified atom stereocenters. The number of amides is 1. The van der Waals surface area contributed by atoms with Crippen LogP contribution in [0.1, 0.15) is 57.3 Å². The van der Waals surface area contributed by atoms with Crippen LogP contribution in [0.3, 0.4) is 0 Å². The maximum atomic E-state index is 12.3. The summed E-state index contributed by atoms with van der Waals surface area (Å²) in [6.07, 6.45) is 4.57. The van der Waals surface area contributed by atoms with Gasteiger partial charge in [-0.1, -0.05) is 6.92 Å². The van der Waals surface area contributed by atoms with Gasteiger partial charge in [-0.3, -0.25) is 9.59 Å². The van der Waals surface area contributed by atoms with Gasteiger partial charge in [0.15, 0.2) is 12.4 Å². The minimum absolute atomic E-state index is 0.0860. The molecule has 0 fully saturated rings. The van der Waals surface area contributed by atoms with Crippen molar-refractivity contribution in [2.24, 2.45) is 0 Å². The fourth-order valence-corrected chi connectivity index (χ4v) is 4.06. The molecule has 136 valence electrons. The third kappa shape index (κ3) is 4.19. The molecule has 1 N–H and O–H groups in total. The number of nitrogens with one attached hydrogen (secondary N) is 1. The number of aryl methyl sites for hydroxylation is 1. The van der Waals surface area contributed by atoms with E-state index in [9.17, 15) is 14.4 Å². The highest BCUT2D eigenvalue weighted by Gasteiger charge is 2.21. The molecule has 0 spiro atoms. The molecule has 5 nitrogen and oxygen atoms in total. The van der Waals surface area contributed by atoms with Crippen LogP contribution in [0.25, 0.3) is 0 Å². The summed E-state index contributed by atoms with van der Waals surface area (Å²) in [6, 6.07) is 6.57. The van der Waals surface area contributed by atoms with E-state index in [1.807, 2.05) is 5.38 Å². The standard InChI is InChI=1S/C20H21NO4S/c1-2-19(23)21-14-9-7-13(8-10-14)17(22)11-25-20(24)16-12-26-18-6-4-3-5-15(16)18/h7-10,12H,2-6,11H2,1H3,(H,21,23). The summed E-state index contributed by atoms with van der Waals surface area (Å²) >= 11 is 1.60. The lowest BCUT2D eigenvalue weighted by atomic mass is 9.96. The minimum Gasteiger partial charge on any atom is -0.454 e. The number of fused-ring (bicyclic) bond motifs is 1. The van der Waals surface area contributed by atoms with Crippen LogP contribution in [0.5, 0.6) is 0 Å². The van der Waals surface area contributed by atoms with Gasteiger partial charge in [0.2, 0.25) is 5.91 Å². The largest absolute Gasteiger partial charge is 0.454 e. The molecule has 1 aromatic carbocycles. The average Bonchev–Trinajstić information content (AvgIpc) is 3.10. The van der Waals surface area contributed by atoms with Crippen molar-refractivity contribution in [3.8, 4) is 0 Å². The first-order valence-electron chi connectivity index (χ1n) is 8.78. The molecule has 1 aromatic heterocycles. The van der Waals surface area contributed by atoms with Gasteiger partial charge in [-0.15, -0.1) is 11.3 Å². The molecule has 1 heterocycles. The first-order chi connectivity index (χ1) is 12.6. The van der Waals surface area contributed by atoms with E-state index in [1.54, 1.807) is 42.5 Å². The van der Waals surface area contributed by atoms with Gasteiger partial charge in [0.05, 0.1) is 5.56 Å². The monoisotopic (exact) mass is 371 g/mol. The number of ether oxygens (including phenoxy) is 1. The maximum Gasteiger partial charge on any atom is 0.339 e. The Kier molecular flexibility index (Phi) is 5.83. The van der Waals surface area contributed by atoms with Gasteiger partial charge < -0.3 is 10.1 Å². The number of benzene rings is 1. The maximum absolute atomic E-state index is 12.3. The molecule has 0 saturated carbocycles. The molecule has 0 saturated heterocycles. The van der Waals surface area contributed by atoms with Crippen molar-refractivity contribution in [3.63, 3.8) is 0 Å². The van der Waals surface area contributed by atoms with Crippen molar-refractivity contribution in [1.29, 1.82) is 0 Å². The zero-order valence-corrected chi connectivity index (χ0v) is 15.5. The summed E-state index contributed by atoms with van der Waals surface area (Å²) in [6.45, 7) is 1.48. The lowest BCUT2D eigenvalue weighted by Gasteiger charge is -2.12. The molecule has 26 heavy (non-hydrogen) atoms. The third-order valence-electron chi connectivity index (χ3n) is 4.43. The van der Waals surface area contributed by atoms with Gasteiger partial charge in [0, 0.05) is 27.9 Å². The Labute approximate surface area is 156 Å². The van der Waals surface area contributed by atoms with Crippen LogP contribution in [0, 0.1) is 0 Å². The summed E-state index contributed by atoms with van der Waals surface area (Å²) in [5.74, 6) is -0.780. The number of hydrogen-bond acceptors (Lipinski definition) is 5. The van der Waals surface area contributed by atoms with Crippen LogP contribution in [0.15, 0.2) is 29.6 Å². The number of thiophene rings is 1. The van der Waals surface area contributed by atoms with Crippen molar-refractivity contribution in [2.75, 3.05) is 11.9 Å². The van der Waals surface area contributed by atoms with Gasteiger partial charge in [-0.05, 0) is 55.5 Å². The molecule has 6 heteroatoms. The summed E-state index contributed by atoms with van der Waals surface area (Å²) < 4.78 is 5.23. The molecule has 0 atom stereocenters. The highest BCUT2D eigenvalue weighted by molar-refractivity contribution is 7.10. The molecule has 1 aliphatic rings. The molecule has 0 radical (unpaired) electrons. The van der Waals surface area contributed by atoms with Crippen LogP contribution in [-0.2, 0) is 22.4 Å². The summed E-state index contributed by atoms with van der Waals surface area (Å²) in [4.78, 5) is 37.2. The highest BCUT2D eigenvalue weighted by Crippen LogP contribution is 2.30. The van der Waals surface area contributed by atoms with Crippen LogP contribution in [0.2, 0.25) is 0 Å². The zero-order chi connectivity index (χ0) is 18.5. The van der Waals surface area contributed by atoms with Crippen molar-refractivity contribution in [1.82, 2.24) is 0 Å². The van der Waals surface area contributed by atoms with Gasteiger partial charge >= 0.3 is 5.97 Å². The van der Waals surface area contributed by atoms with Crippen LogP contribution in [-0.4, -0.2) is 24.3 Å². The average molecular weight is 371 g/mol. The third-order valence-corrected chi connectivity index (χ3v) is 5.52. The summed E-state index contributed by atoms with van der Waals surface area (Å²) in [7, 11) is 0. The fourth-order valence-electron chi connectivity index (χ4n) is 2.95. The lowest BCUT2D eigenvalue weighted by Crippen LogP contribution is -2.16. The smallest absolute Gasteiger partial charge is 0.339 e. The van der Waals surface area contributed by atoms with E-state index in [2.05, 4.69) is 5.32 Å². The zero-order valence-electron chi connectivity index (χ0n) is 14.7. The minimum atomic E-state index is -0.426. The first kappa shape index (κ1) is 18.3. The van der Waals surface area contributed by atoms with Crippen molar-refractivity contribution in [2.45, 2.75) is 39.0 Å². The van der Waals surface area contributed by atoms with Crippen molar-refractivity contribution >= 4 is 34.7 Å².